The van der Waals surface area contributed by atoms with Crippen molar-refractivity contribution < 1.29 is 43.3 Å². The van der Waals surface area contributed by atoms with Crippen LogP contribution in [0.1, 0.15) is 64.7 Å². The third-order valence-electron chi connectivity index (χ3n) is 6.48. The summed E-state index contributed by atoms with van der Waals surface area (Å²) in [6, 6.07) is -2.09. The number of ether oxygens (including phenoxy) is 3. The lowest BCUT2D eigenvalue weighted by atomic mass is 10.1. The molecule has 0 aliphatic rings. The molecule has 0 aromatic heterocycles. The van der Waals surface area contributed by atoms with Crippen LogP contribution in [0.5, 0.6) is 0 Å². The number of rotatable bonds is 26. The van der Waals surface area contributed by atoms with Gasteiger partial charge in [-0.05, 0) is 51.9 Å². The molecule has 0 radical (unpaired) electrons. The highest BCUT2D eigenvalue weighted by Crippen LogP contribution is 2.22. The maximum atomic E-state index is 13.0. The number of esters is 3. The maximum Gasteiger partial charge on any atom is 0.325 e. The van der Waals surface area contributed by atoms with Crippen LogP contribution in [-0.2, 0) is 38.2 Å². The summed E-state index contributed by atoms with van der Waals surface area (Å²) in [5, 5.41) is 15.6. The predicted octanol–water partition coefficient (Wildman–Crippen LogP) is 3.21. The molecule has 0 fully saturated rings. The molecule has 0 rings (SSSR count). The van der Waals surface area contributed by atoms with Gasteiger partial charge >= 0.3 is 17.9 Å². The lowest BCUT2D eigenvalue weighted by Crippen LogP contribution is -2.50. The summed E-state index contributed by atoms with van der Waals surface area (Å²) in [5.74, 6) is -2.81. The van der Waals surface area contributed by atoms with Crippen LogP contribution >= 0.6 is 11.8 Å². The third kappa shape index (κ3) is 23.3. The molecule has 0 bridgehead atoms. The molecule has 13 heteroatoms. The first kappa shape index (κ1) is 43.3. The second-order valence-electron chi connectivity index (χ2n) is 10.3. The van der Waals surface area contributed by atoms with E-state index in [4.69, 9.17) is 10.5 Å². The number of aliphatic hydroxyl groups excluding tert-OH is 1. The Morgan fingerprint density at radius 2 is 1.66 bits per heavy atom. The van der Waals surface area contributed by atoms with Crippen LogP contribution in [-0.4, -0.2) is 91.4 Å². The molecule has 0 saturated heterocycles. The zero-order chi connectivity index (χ0) is 35.3. The van der Waals surface area contributed by atoms with Crippen LogP contribution in [0.3, 0.4) is 0 Å². The van der Waals surface area contributed by atoms with Gasteiger partial charge in [-0.25, -0.2) is 0 Å². The van der Waals surface area contributed by atoms with Gasteiger partial charge in [0.25, 0.3) is 0 Å². The first-order chi connectivity index (χ1) is 22.6. The SMILES string of the molecule is C=CCCCC=CCC=CC=CC=CC(SCC(NC(=O)CCC(N)C(=O)OC)C(=O)NCC(=O)OC)C(O)CCCC(=O)OCC. The number of hydrogen-bond donors (Lipinski definition) is 4. The molecule has 0 spiro atoms. The summed E-state index contributed by atoms with van der Waals surface area (Å²) < 4.78 is 14.1. The van der Waals surface area contributed by atoms with E-state index < -0.39 is 53.7 Å². The summed E-state index contributed by atoms with van der Waals surface area (Å²) in [4.78, 5) is 60.6. The number of carbonyl (C=O) groups is 5. The summed E-state index contributed by atoms with van der Waals surface area (Å²) >= 11 is 1.22. The molecule has 0 aromatic rings. The van der Waals surface area contributed by atoms with Gasteiger partial charge in [-0.15, -0.1) is 18.3 Å². The van der Waals surface area contributed by atoms with Crippen molar-refractivity contribution in [3.05, 3.63) is 61.3 Å². The Hall–Kier alpha value is -3.68. The van der Waals surface area contributed by atoms with Crippen molar-refractivity contribution in [2.24, 2.45) is 5.73 Å². The molecule has 264 valence electrons. The zero-order valence-electron chi connectivity index (χ0n) is 27.9. The van der Waals surface area contributed by atoms with E-state index in [-0.39, 0.29) is 37.6 Å². The van der Waals surface area contributed by atoms with Crippen LogP contribution in [0.4, 0.5) is 0 Å². The Morgan fingerprint density at radius 3 is 2.34 bits per heavy atom. The number of allylic oxidation sites excluding steroid dienone is 8. The van der Waals surface area contributed by atoms with Gasteiger partial charge < -0.3 is 35.7 Å². The molecule has 0 aliphatic carbocycles. The van der Waals surface area contributed by atoms with E-state index in [1.54, 1.807) is 19.1 Å². The van der Waals surface area contributed by atoms with E-state index >= 15 is 0 Å². The molecular weight excluding hydrogens is 626 g/mol. The summed E-state index contributed by atoms with van der Waals surface area (Å²) in [6.45, 7) is 5.31. The zero-order valence-corrected chi connectivity index (χ0v) is 28.7. The fraction of sp³-hybridized carbons (Fsp3) is 0.559. The number of nitrogens with one attached hydrogen (secondary N) is 2. The van der Waals surface area contributed by atoms with E-state index in [1.165, 1.54) is 26.0 Å². The lowest BCUT2D eigenvalue weighted by Gasteiger charge is -2.23. The van der Waals surface area contributed by atoms with Gasteiger partial charge in [0.2, 0.25) is 11.8 Å². The largest absolute Gasteiger partial charge is 0.468 e. The quantitative estimate of drug-likeness (QED) is 0.0346. The van der Waals surface area contributed by atoms with Crippen LogP contribution < -0.4 is 16.4 Å². The van der Waals surface area contributed by atoms with Crippen LogP contribution in [0.15, 0.2) is 61.3 Å². The summed E-state index contributed by atoms with van der Waals surface area (Å²) in [7, 11) is 2.37. The number of nitrogens with two attached hydrogens (primary N) is 1. The number of aliphatic hydroxyl groups is 1. The van der Waals surface area contributed by atoms with Crippen LogP contribution in [0.2, 0.25) is 0 Å². The molecule has 2 amide bonds. The molecule has 12 nitrogen and oxygen atoms in total. The number of methoxy groups -OCH3 is 2. The van der Waals surface area contributed by atoms with Crippen molar-refractivity contribution in [3.8, 4) is 0 Å². The number of carbonyl (C=O) groups excluding carboxylic acids is 5. The average molecular weight is 680 g/mol. The standard InChI is InChI=1S/C34H53N3O9S/c1-5-7-8-9-10-11-12-13-14-15-16-17-20-29(28(38)19-18-21-31(40)46-6-2)47-25-27(33(42)36-24-32(41)44-3)37-30(39)23-22-26(35)34(43)45-4/h5,10-11,13-17,20,26-29,38H,1,6-9,12,18-19,21-25,35H2,2-4H3,(H,36,42)(H,37,39). The molecule has 47 heavy (non-hydrogen) atoms. The van der Waals surface area contributed by atoms with Gasteiger partial charge in [0.05, 0.1) is 26.9 Å². The van der Waals surface area contributed by atoms with E-state index in [2.05, 4.69) is 38.8 Å². The molecule has 0 saturated carbocycles. The minimum Gasteiger partial charge on any atom is -0.468 e. The van der Waals surface area contributed by atoms with Gasteiger partial charge in [-0.1, -0.05) is 54.7 Å². The topological polar surface area (TPSA) is 183 Å². The highest BCUT2D eigenvalue weighted by Gasteiger charge is 2.26. The van der Waals surface area contributed by atoms with Crippen molar-refractivity contribution in [2.75, 3.05) is 33.1 Å². The Bertz CT molecular complexity index is 1080. The normalized spacial score (nSPS) is 14.1. The first-order valence-electron chi connectivity index (χ1n) is 15.8. The van der Waals surface area contributed by atoms with E-state index in [0.717, 1.165) is 25.7 Å². The molecule has 0 aliphatic heterocycles. The number of thioether (sulfide) groups is 1. The fourth-order valence-electron chi connectivity index (χ4n) is 3.85. The number of amides is 2. The Balaban J connectivity index is 5.56. The minimum absolute atomic E-state index is 0.000503. The maximum absolute atomic E-state index is 13.0. The molecule has 5 N–H and O–H groups in total. The van der Waals surface area contributed by atoms with Crippen LogP contribution in [0.25, 0.3) is 0 Å². The average Bonchev–Trinajstić information content (AvgIpc) is 3.06. The van der Waals surface area contributed by atoms with Crippen molar-refractivity contribution in [3.63, 3.8) is 0 Å². The third-order valence-corrected chi connectivity index (χ3v) is 7.86. The second kappa shape index (κ2) is 28.5. The monoisotopic (exact) mass is 679 g/mol. The summed E-state index contributed by atoms with van der Waals surface area (Å²) in [6.07, 6.45) is 21.0. The van der Waals surface area contributed by atoms with Crippen molar-refractivity contribution in [1.82, 2.24) is 10.6 Å². The predicted molar refractivity (Wildman–Crippen MR) is 184 cm³/mol. The van der Waals surface area contributed by atoms with Crippen LogP contribution in [0, 0.1) is 0 Å². The highest BCUT2D eigenvalue weighted by molar-refractivity contribution is 8.00. The minimum atomic E-state index is -1.09. The van der Waals surface area contributed by atoms with Crippen molar-refractivity contribution in [1.29, 1.82) is 0 Å². The van der Waals surface area contributed by atoms with Crippen molar-refractivity contribution >= 4 is 41.5 Å². The van der Waals surface area contributed by atoms with Gasteiger partial charge in [-0.3, -0.25) is 24.0 Å². The van der Waals surface area contributed by atoms with Crippen molar-refractivity contribution in [2.45, 2.75) is 88.1 Å². The van der Waals surface area contributed by atoms with E-state index in [0.29, 0.717) is 12.8 Å². The smallest absolute Gasteiger partial charge is 0.325 e. The lowest BCUT2D eigenvalue weighted by molar-refractivity contribution is -0.144. The van der Waals surface area contributed by atoms with E-state index in [1.807, 2.05) is 30.4 Å². The Morgan fingerprint density at radius 1 is 0.915 bits per heavy atom. The Kier molecular flexibility index (Phi) is 26.3. The Labute approximate surface area is 283 Å². The first-order valence-corrected chi connectivity index (χ1v) is 16.8. The fourth-order valence-corrected chi connectivity index (χ4v) is 5.06. The van der Waals surface area contributed by atoms with Gasteiger partial charge in [-0.2, -0.15) is 0 Å². The number of unbranched alkanes of at least 4 members (excludes halogenated alkanes) is 2. The molecule has 4 atom stereocenters. The van der Waals surface area contributed by atoms with Gasteiger partial charge in [0.1, 0.15) is 18.6 Å². The number of hydrogen-bond acceptors (Lipinski definition) is 11. The van der Waals surface area contributed by atoms with Gasteiger partial charge in [0, 0.05) is 23.8 Å². The molecule has 0 aromatic carbocycles. The second-order valence-corrected chi connectivity index (χ2v) is 11.5. The summed E-state index contributed by atoms with van der Waals surface area (Å²) in [5.41, 5.74) is 5.72. The van der Waals surface area contributed by atoms with Gasteiger partial charge in [0.15, 0.2) is 0 Å². The van der Waals surface area contributed by atoms with E-state index in [9.17, 15) is 29.1 Å². The molecular formula is C34H53N3O9S. The highest BCUT2D eigenvalue weighted by atomic mass is 32.2. The molecule has 4 unspecified atom stereocenters. The molecule has 0 heterocycles.